The van der Waals surface area contributed by atoms with E-state index in [2.05, 4.69) is 5.32 Å². The van der Waals surface area contributed by atoms with Gasteiger partial charge < -0.3 is 10.1 Å². The highest BCUT2D eigenvalue weighted by atomic mass is 16.5. The minimum Gasteiger partial charge on any atom is -0.464 e. The number of imide groups is 1. The number of urea groups is 1. The van der Waals surface area contributed by atoms with Crippen molar-refractivity contribution in [1.82, 2.24) is 10.2 Å². The third-order valence-corrected chi connectivity index (χ3v) is 3.42. The smallest absolute Gasteiger partial charge is 0.326 e. The number of unbranched alkanes of at least 4 members (excludes halogenated alkanes) is 2. The topological polar surface area (TPSA) is 75.7 Å². The van der Waals surface area contributed by atoms with Crippen molar-refractivity contribution in [3.8, 4) is 0 Å². The number of nitrogens with one attached hydrogen (secondary N) is 1. The van der Waals surface area contributed by atoms with Gasteiger partial charge >= 0.3 is 12.0 Å². The number of amides is 3. The average Bonchev–Trinajstić information content (AvgIpc) is 2.61. The zero-order valence-electron chi connectivity index (χ0n) is 12.5. The normalized spacial score (nSPS) is 22.1. The minimum absolute atomic E-state index is 0.309. The maximum absolute atomic E-state index is 12.2. The Labute approximate surface area is 119 Å². The van der Waals surface area contributed by atoms with E-state index in [-0.39, 0.29) is 12.5 Å². The molecule has 6 nitrogen and oxygen atoms in total. The molecular weight excluding hydrogens is 260 g/mol. The van der Waals surface area contributed by atoms with Gasteiger partial charge in [-0.05, 0) is 19.8 Å². The van der Waals surface area contributed by atoms with Crippen molar-refractivity contribution in [3.05, 3.63) is 0 Å². The molecule has 1 fully saturated rings. The molecule has 1 aliphatic heterocycles. The lowest BCUT2D eigenvalue weighted by atomic mass is 9.95. The second kappa shape index (κ2) is 7.26. The van der Waals surface area contributed by atoms with Crippen molar-refractivity contribution < 1.29 is 19.1 Å². The predicted octanol–water partition coefficient (Wildman–Crippen LogP) is 1.83. The summed E-state index contributed by atoms with van der Waals surface area (Å²) in [6, 6.07) is -0.513. The third-order valence-electron chi connectivity index (χ3n) is 3.42. The number of rotatable bonds is 8. The van der Waals surface area contributed by atoms with Crippen molar-refractivity contribution in [1.29, 1.82) is 0 Å². The molecule has 1 unspecified atom stereocenters. The fourth-order valence-corrected chi connectivity index (χ4v) is 2.10. The summed E-state index contributed by atoms with van der Waals surface area (Å²) < 4.78 is 4.98. The summed E-state index contributed by atoms with van der Waals surface area (Å²) in [6.07, 6.45) is 4.07. The largest absolute Gasteiger partial charge is 0.464 e. The fraction of sp³-hybridized carbons (Fsp3) is 0.786. The van der Waals surface area contributed by atoms with Gasteiger partial charge in [-0.2, -0.15) is 0 Å². The summed E-state index contributed by atoms with van der Waals surface area (Å²) in [5.74, 6) is -0.884. The van der Waals surface area contributed by atoms with E-state index in [0.717, 1.165) is 30.6 Å². The van der Waals surface area contributed by atoms with Crippen LogP contribution >= 0.6 is 0 Å². The maximum Gasteiger partial charge on any atom is 0.326 e. The van der Waals surface area contributed by atoms with Crippen LogP contribution in [0.25, 0.3) is 0 Å². The molecule has 0 aliphatic carbocycles. The summed E-state index contributed by atoms with van der Waals surface area (Å²) in [7, 11) is 0. The van der Waals surface area contributed by atoms with Gasteiger partial charge in [-0.3, -0.25) is 14.5 Å². The van der Waals surface area contributed by atoms with Crippen molar-refractivity contribution in [2.24, 2.45) is 0 Å². The molecule has 114 valence electrons. The summed E-state index contributed by atoms with van der Waals surface area (Å²) in [4.78, 5) is 36.6. The molecule has 3 amide bonds. The Bertz CT molecular complexity index is 383. The van der Waals surface area contributed by atoms with Gasteiger partial charge in [0.2, 0.25) is 0 Å². The van der Waals surface area contributed by atoms with E-state index < -0.39 is 17.5 Å². The van der Waals surface area contributed by atoms with E-state index in [1.807, 2.05) is 13.8 Å². The molecule has 0 spiro atoms. The molecule has 1 heterocycles. The number of carbonyl (C=O) groups is 3. The van der Waals surface area contributed by atoms with Crippen LogP contribution in [0.5, 0.6) is 0 Å². The van der Waals surface area contributed by atoms with Gasteiger partial charge in [0.1, 0.15) is 12.1 Å². The summed E-state index contributed by atoms with van der Waals surface area (Å²) in [5.41, 5.74) is -0.892. The molecule has 1 rings (SSSR count). The zero-order chi connectivity index (χ0) is 15.2. The Morgan fingerprint density at radius 3 is 2.50 bits per heavy atom. The van der Waals surface area contributed by atoms with Crippen LogP contribution in [0.2, 0.25) is 0 Å². The molecule has 20 heavy (non-hydrogen) atoms. The standard InChI is InChI=1S/C14H24N2O4/c1-4-6-8-14(3)12(18)16(13(19)15-14)10-11(17)20-9-7-5-2/h4-10H2,1-3H3,(H,15,19). The second-order valence-electron chi connectivity index (χ2n) is 5.33. The van der Waals surface area contributed by atoms with Crippen LogP contribution < -0.4 is 5.32 Å². The van der Waals surface area contributed by atoms with E-state index in [4.69, 9.17) is 4.74 Å². The van der Waals surface area contributed by atoms with Crippen LogP contribution in [0.4, 0.5) is 4.79 Å². The van der Waals surface area contributed by atoms with Crippen molar-refractivity contribution in [3.63, 3.8) is 0 Å². The molecule has 1 saturated heterocycles. The lowest BCUT2D eigenvalue weighted by molar-refractivity contribution is -0.147. The minimum atomic E-state index is -0.892. The Hall–Kier alpha value is -1.59. The fourth-order valence-electron chi connectivity index (χ4n) is 2.10. The quantitative estimate of drug-likeness (QED) is 0.419. The van der Waals surface area contributed by atoms with Gasteiger partial charge in [-0.25, -0.2) is 4.79 Å². The van der Waals surface area contributed by atoms with Crippen LogP contribution in [0.1, 0.15) is 52.9 Å². The average molecular weight is 284 g/mol. The summed E-state index contributed by atoms with van der Waals surface area (Å²) in [6.45, 7) is 5.73. The van der Waals surface area contributed by atoms with Gasteiger partial charge in [0.25, 0.3) is 5.91 Å². The van der Waals surface area contributed by atoms with E-state index in [0.29, 0.717) is 13.0 Å². The zero-order valence-corrected chi connectivity index (χ0v) is 12.5. The van der Waals surface area contributed by atoms with E-state index in [9.17, 15) is 14.4 Å². The summed E-state index contributed by atoms with van der Waals surface area (Å²) in [5, 5.41) is 2.67. The van der Waals surface area contributed by atoms with Gasteiger partial charge in [0, 0.05) is 0 Å². The molecule has 0 aromatic carbocycles. The molecule has 0 aromatic heterocycles. The molecule has 0 radical (unpaired) electrons. The molecule has 0 aromatic rings. The van der Waals surface area contributed by atoms with Crippen LogP contribution in [0.15, 0.2) is 0 Å². The first-order chi connectivity index (χ1) is 9.44. The molecular formula is C14H24N2O4. The highest BCUT2D eigenvalue weighted by molar-refractivity contribution is 6.08. The molecule has 1 N–H and O–H groups in total. The monoisotopic (exact) mass is 284 g/mol. The number of hydrogen-bond acceptors (Lipinski definition) is 4. The van der Waals surface area contributed by atoms with Crippen molar-refractivity contribution in [2.75, 3.05) is 13.2 Å². The van der Waals surface area contributed by atoms with Crippen molar-refractivity contribution >= 4 is 17.9 Å². The van der Waals surface area contributed by atoms with Crippen LogP contribution in [0, 0.1) is 0 Å². The number of hydrogen-bond donors (Lipinski definition) is 1. The number of nitrogens with zero attached hydrogens (tertiary/aromatic N) is 1. The number of ether oxygens (including phenoxy) is 1. The van der Waals surface area contributed by atoms with Crippen LogP contribution in [-0.2, 0) is 14.3 Å². The second-order valence-corrected chi connectivity index (χ2v) is 5.33. The van der Waals surface area contributed by atoms with Crippen molar-refractivity contribution in [2.45, 2.75) is 58.4 Å². The van der Waals surface area contributed by atoms with Crippen LogP contribution in [-0.4, -0.2) is 41.5 Å². The maximum atomic E-state index is 12.2. The SMILES string of the molecule is CCCCOC(=O)CN1C(=O)NC(C)(CCCC)C1=O. The first kappa shape index (κ1) is 16.5. The molecule has 0 saturated carbocycles. The van der Waals surface area contributed by atoms with Gasteiger partial charge in [-0.1, -0.05) is 33.1 Å². The summed E-state index contributed by atoms with van der Waals surface area (Å²) >= 11 is 0. The Morgan fingerprint density at radius 1 is 1.25 bits per heavy atom. The number of esters is 1. The Morgan fingerprint density at radius 2 is 1.90 bits per heavy atom. The lowest BCUT2D eigenvalue weighted by Gasteiger charge is -2.21. The van der Waals surface area contributed by atoms with E-state index in [1.54, 1.807) is 6.92 Å². The van der Waals surface area contributed by atoms with E-state index in [1.165, 1.54) is 0 Å². The number of carbonyl (C=O) groups excluding carboxylic acids is 3. The molecule has 1 atom stereocenters. The van der Waals surface area contributed by atoms with Gasteiger partial charge in [0.15, 0.2) is 0 Å². The van der Waals surface area contributed by atoms with Gasteiger partial charge in [0.05, 0.1) is 6.61 Å². The third kappa shape index (κ3) is 3.95. The Kier molecular flexibility index (Phi) is 5.98. The molecule has 0 bridgehead atoms. The highest BCUT2D eigenvalue weighted by Gasteiger charge is 2.47. The highest BCUT2D eigenvalue weighted by Crippen LogP contribution is 2.23. The molecule has 6 heteroatoms. The van der Waals surface area contributed by atoms with Crippen LogP contribution in [0.3, 0.4) is 0 Å². The Balaban J connectivity index is 2.56. The predicted molar refractivity (Wildman–Crippen MR) is 74.0 cm³/mol. The first-order valence-electron chi connectivity index (χ1n) is 7.24. The molecule has 1 aliphatic rings. The van der Waals surface area contributed by atoms with E-state index >= 15 is 0 Å². The van der Waals surface area contributed by atoms with Gasteiger partial charge in [-0.15, -0.1) is 0 Å². The first-order valence-corrected chi connectivity index (χ1v) is 7.24. The lowest BCUT2D eigenvalue weighted by Crippen LogP contribution is -2.44.